The van der Waals surface area contributed by atoms with Crippen molar-refractivity contribution in [3.63, 3.8) is 0 Å². The molecule has 2 aromatic heterocycles. The number of rotatable bonds is 16. The quantitative estimate of drug-likeness (QED) is 0.0853. The van der Waals surface area contributed by atoms with E-state index in [0.29, 0.717) is 43.9 Å². The van der Waals surface area contributed by atoms with Gasteiger partial charge in [0.2, 0.25) is 0 Å². The fourth-order valence-corrected chi connectivity index (χ4v) is 13.6. The zero-order chi connectivity index (χ0) is 71.4. The van der Waals surface area contributed by atoms with Crippen LogP contribution in [0.25, 0.3) is 22.5 Å². The molecule has 0 aliphatic carbocycles. The summed E-state index contributed by atoms with van der Waals surface area (Å²) in [5.41, 5.74) is 1.81. The summed E-state index contributed by atoms with van der Waals surface area (Å²) in [5.74, 6) is -0.583. The molecule has 6 atom stereocenters. The molecule has 0 saturated carbocycles. The van der Waals surface area contributed by atoms with E-state index in [4.69, 9.17) is 33.4 Å². The number of likely N-dealkylation sites (tertiary alicyclic amines) is 2. The molecule has 4 aliphatic heterocycles. The topological polar surface area (TPSA) is 253 Å². The number of carbonyl (C=O) groups is 6. The molecule has 532 valence electrons. The van der Waals surface area contributed by atoms with Crippen LogP contribution in [0.2, 0.25) is 0 Å². The molecule has 6 amide bonds. The molecule has 0 spiro atoms. The van der Waals surface area contributed by atoms with Gasteiger partial charge in [-0.15, -0.1) is 0 Å². The first-order chi connectivity index (χ1) is 47.9. The maximum absolute atomic E-state index is 14.8. The lowest BCUT2D eigenvalue weighted by atomic mass is 9.86. The number of hydrogen-bond donors (Lipinski definition) is 2. The van der Waals surface area contributed by atoms with Gasteiger partial charge in [0.25, 0.3) is 11.8 Å². The molecule has 11 rings (SSSR count). The summed E-state index contributed by atoms with van der Waals surface area (Å²) >= 11 is 0. The summed E-state index contributed by atoms with van der Waals surface area (Å²) in [5, 5.41) is 24.0. The van der Waals surface area contributed by atoms with E-state index in [-0.39, 0.29) is 114 Å². The first kappa shape index (κ1) is 73.1. The van der Waals surface area contributed by atoms with Crippen molar-refractivity contribution in [1.29, 1.82) is 0 Å². The average molecular weight is 1370 g/mol. The number of amides is 6. The number of nitrogens with zero attached hydrogens (tertiary/aromatic N) is 10. The molecule has 4 fully saturated rings. The lowest BCUT2D eigenvalue weighted by Gasteiger charge is -2.44. The molecular formula is C76H94N10O14. The molecule has 7 aromatic rings. The smallest absolute Gasteiger partial charge is 0.410 e. The monoisotopic (exact) mass is 1370 g/mol. The van der Waals surface area contributed by atoms with E-state index in [1.165, 1.54) is 26.2 Å². The van der Waals surface area contributed by atoms with Gasteiger partial charge in [0, 0.05) is 90.8 Å². The van der Waals surface area contributed by atoms with Crippen molar-refractivity contribution >= 4 is 36.2 Å². The lowest BCUT2D eigenvalue weighted by Crippen LogP contribution is -2.58. The van der Waals surface area contributed by atoms with Crippen LogP contribution in [0.1, 0.15) is 104 Å². The molecule has 0 bridgehead atoms. The maximum atomic E-state index is 14.8. The Bertz CT molecular complexity index is 3890. The maximum Gasteiger partial charge on any atom is 0.410 e. The van der Waals surface area contributed by atoms with E-state index in [1.807, 2.05) is 193 Å². The van der Waals surface area contributed by atoms with Crippen molar-refractivity contribution in [2.75, 3.05) is 100.0 Å². The molecule has 24 heteroatoms. The lowest BCUT2D eigenvalue weighted by molar-refractivity contribution is -0.102. The minimum absolute atomic E-state index is 0.00599. The van der Waals surface area contributed by atoms with Crippen LogP contribution in [0.5, 0.6) is 0 Å². The highest BCUT2D eigenvalue weighted by Crippen LogP contribution is 2.40. The normalized spacial score (nSPS) is 21.1. The van der Waals surface area contributed by atoms with E-state index >= 15 is 0 Å². The van der Waals surface area contributed by atoms with Crippen molar-refractivity contribution in [2.45, 2.75) is 120 Å². The second kappa shape index (κ2) is 32.1. The molecule has 4 unspecified atom stereocenters. The van der Waals surface area contributed by atoms with Gasteiger partial charge in [-0.25, -0.2) is 29.1 Å². The zero-order valence-corrected chi connectivity index (χ0v) is 58.7. The number of piperazine rings is 2. The van der Waals surface area contributed by atoms with Gasteiger partial charge in [-0.2, -0.15) is 0 Å². The summed E-state index contributed by atoms with van der Waals surface area (Å²) in [7, 11) is 4.37. The molecular weight excluding hydrogens is 1280 g/mol. The second-order valence-electron chi connectivity index (χ2n) is 28.0. The van der Waals surface area contributed by atoms with E-state index in [1.54, 1.807) is 46.3 Å². The summed E-state index contributed by atoms with van der Waals surface area (Å²) in [4.78, 5) is 101. The number of carbonyl (C=O) groups excluding carboxylic acids is 6. The Morgan fingerprint density at radius 3 is 1.16 bits per heavy atom. The van der Waals surface area contributed by atoms with Gasteiger partial charge >= 0.3 is 24.4 Å². The van der Waals surface area contributed by atoms with Crippen LogP contribution in [0.4, 0.5) is 19.2 Å². The number of hydrogen-bond acceptors (Lipinski definition) is 16. The van der Waals surface area contributed by atoms with E-state index in [2.05, 4.69) is 4.98 Å². The number of imidazole rings is 2. The molecule has 0 radical (unpaired) electrons. The van der Waals surface area contributed by atoms with Crippen LogP contribution in [0.3, 0.4) is 0 Å². The molecule has 6 heterocycles. The summed E-state index contributed by atoms with van der Waals surface area (Å²) in [6.45, 7) is 13.6. The molecule has 24 nitrogen and oxygen atoms in total. The number of ether oxygens (including phenoxy) is 6. The summed E-state index contributed by atoms with van der Waals surface area (Å²) < 4.78 is 36.6. The van der Waals surface area contributed by atoms with Crippen molar-refractivity contribution in [3.05, 3.63) is 192 Å². The number of aliphatic hydroxyl groups is 2. The highest BCUT2D eigenvalue weighted by Gasteiger charge is 2.49. The predicted octanol–water partition coefficient (Wildman–Crippen LogP) is 10.1. The molecule has 4 saturated heterocycles. The standard InChI is InChI=1S/C41H49N5O7.C35H45N5O7/c1-40(2,3)53-39(49)44-22-23-45(33(25-44)24-30-14-8-5-9-15-30)37(47)35-36(32-18-12-7-13-19-32)46(29-42-35)34-26-43(21-20-41(34,50)28-51-4)38(48)52-27-31-16-10-6-11-17-31;1-34(2,3)47-33(43)38-18-19-39(27(21-38)20-25-12-8-6-9-13-25)31(41)29-30(26-14-10-7-11-15-26)40(24-36-29)28-22-37(32(42)46-5)17-16-35(28,44)23-45-4/h5-19,29,33-34,50H,20-28H2,1-4H3;6-15,24,27-28,44H,16-23H2,1-5H3/t33-,34?,41?;27-,28?,35?/m11/s1. The van der Waals surface area contributed by atoms with Crippen molar-refractivity contribution in [1.82, 2.24) is 48.5 Å². The third-order valence-corrected chi connectivity index (χ3v) is 18.5. The highest BCUT2D eigenvalue weighted by atomic mass is 16.6. The first-order valence-corrected chi connectivity index (χ1v) is 34.0. The van der Waals surface area contributed by atoms with E-state index in [9.17, 15) is 39.0 Å². The number of benzene rings is 5. The third-order valence-electron chi connectivity index (χ3n) is 18.5. The molecule has 5 aromatic carbocycles. The van der Waals surface area contributed by atoms with Crippen molar-refractivity contribution in [2.24, 2.45) is 0 Å². The van der Waals surface area contributed by atoms with Crippen LogP contribution < -0.4 is 0 Å². The summed E-state index contributed by atoms with van der Waals surface area (Å²) in [6.07, 6.45) is 2.80. The Kier molecular flexibility index (Phi) is 23.5. The largest absolute Gasteiger partial charge is 0.453 e. The van der Waals surface area contributed by atoms with Gasteiger partial charge in [-0.1, -0.05) is 152 Å². The van der Waals surface area contributed by atoms with Gasteiger partial charge < -0.3 is 77.2 Å². The third kappa shape index (κ3) is 17.7. The first-order valence-electron chi connectivity index (χ1n) is 34.0. The SMILES string of the molecule is COCC1(O)CCN(C(=O)OC)CC1n1cnc(C(=O)N2CCN(C(=O)OC(C)(C)C)C[C@H]2Cc2ccccc2)c1-c1ccccc1.COCC1(O)CCN(C(=O)OCc2ccccc2)CC1n1cnc(C(=O)N2CCN(C(=O)OC(C)(C)C)C[C@H]2Cc2ccccc2)c1-c1ccccc1. The zero-order valence-electron chi connectivity index (χ0n) is 58.7. The van der Waals surface area contributed by atoms with Gasteiger partial charge in [0.05, 0.1) is 68.5 Å². The second-order valence-corrected chi connectivity index (χ2v) is 28.0. The van der Waals surface area contributed by atoms with E-state index in [0.717, 1.165) is 27.8 Å². The average Bonchev–Trinajstić information content (AvgIpc) is 1.53. The fourth-order valence-electron chi connectivity index (χ4n) is 13.6. The molecule has 2 N–H and O–H groups in total. The Balaban J connectivity index is 0.000000218. The van der Waals surface area contributed by atoms with Crippen LogP contribution >= 0.6 is 0 Å². The molecule has 100 heavy (non-hydrogen) atoms. The van der Waals surface area contributed by atoms with E-state index < -0.39 is 58.9 Å². The van der Waals surface area contributed by atoms with Gasteiger partial charge in [0.15, 0.2) is 11.4 Å². The minimum Gasteiger partial charge on any atom is -0.453 e. The Morgan fingerprint density at radius 2 is 0.800 bits per heavy atom. The van der Waals surface area contributed by atoms with Crippen molar-refractivity contribution < 1.29 is 67.4 Å². The fraction of sp³-hybridized carbons (Fsp3) is 0.447. The molecule has 4 aliphatic rings. The Hall–Kier alpha value is -9.62. The van der Waals surface area contributed by atoms with Crippen molar-refractivity contribution in [3.8, 4) is 22.5 Å². The number of piperidine rings is 2. The Morgan fingerprint density at radius 1 is 0.450 bits per heavy atom. The van der Waals surface area contributed by atoms with Crippen LogP contribution in [-0.4, -0.2) is 229 Å². The highest BCUT2D eigenvalue weighted by molar-refractivity contribution is 5.99. The van der Waals surface area contributed by atoms with Gasteiger partial charge in [-0.3, -0.25) is 9.59 Å². The number of methoxy groups -OCH3 is 3. The number of aromatic nitrogens is 4. The van der Waals surface area contributed by atoms with Crippen LogP contribution in [0, 0.1) is 0 Å². The van der Waals surface area contributed by atoms with Crippen LogP contribution in [0.15, 0.2) is 164 Å². The minimum atomic E-state index is -1.38. The van der Waals surface area contributed by atoms with Crippen LogP contribution in [-0.2, 0) is 47.9 Å². The van der Waals surface area contributed by atoms with Gasteiger partial charge in [0.1, 0.15) is 29.0 Å². The summed E-state index contributed by atoms with van der Waals surface area (Å²) in [6, 6.07) is 45.9. The Labute approximate surface area is 584 Å². The predicted molar refractivity (Wildman–Crippen MR) is 374 cm³/mol. The van der Waals surface area contributed by atoms with Gasteiger partial charge in [-0.05, 0) is 83.9 Å².